The highest BCUT2D eigenvalue weighted by Crippen LogP contribution is 2.18. The van der Waals surface area contributed by atoms with Crippen molar-refractivity contribution in [1.29, 1.82) is 0 Å². The van der Waals surface area contributed by atoms with Crippen LogP contribution in [0, 0.1) is 0 Å². The Bertz CT molecular complexity index is 291. The van der Waals surface area contributed by atoms with Crippen molar-refractivity contribution >= 4 is 0 Å². The summed E-state index contributed by atoms with van der Waals surface area (Å²) in [4.78, 5) is 10.6. The summed E-state index contributed by atoms with van der Waals surface area (Å²) in [6, 6.07) is 0.306. The molecule has 1 saturated heterocycles. The fourth-order valence-electron chi connectivity index (χ4n) is 2.09. The second kappa shape index (κ2) is 5.19. The topological polar surface area (TPSA) is 49.2 Å². The van der Waals surface area contributed by atoms with Crippen molar-refractivity contribution in [1.82, 2.24) is 14.9 Å². The molecule has 2 rings (SSSR count). The van der Waals surface area contributed by atoms with E-state index in [-0.39, 0.29) is 6.61 Å². The Morgan fingerprint density at radius 1 is 1.40 bits per heavy atom. The van der Waals surface area contributed by atoms with Crippen LogP contribution in [0.3, 0.4) is 0 Å². The molecule has 0 aromatic carbocycles. The maximum absolute atomic E-state index is 9.26. The molecule has 0 aliphatic carbocycles. The molecule has 0 spiro atoms. The molecule has 1 aromatic heterocycles. The van der Waals surface area contributed by atoms with Gasteiger partial charge in [0.2, 0.25) is 0 Å². The van der Waals surface area contributed by atoms with Crippen LogP contribution in [-0.4, -0.2) is 39.2 Å². The molecule has 4 heteroatoms. The lowest BCUT2D eigenvalue weighted by molar-refractivity contribution is 0.0830. The number of piperidine rings is 1. The van der Waals surface area contributed by atoms with E-state index in [4.69, 9.17) is 0 Å². The van der Waals surface area contributed by atoms with Crippen molar-refractivity contribution in [3.63, 3.8) is 0 Å². The third-order valence-electron chi connectivity index (χ3n) is 2.94. The Balaban J connectivity index is 1.97. The molecule has 4 nitrogen and oxygen atoms in total. The maximum Gasteiger partial charge on any atom is 0.0726 e. The lowest BCUT2D eigenvalue weighted by Crippen LogP contribution is -2.41. The van der Waals surface area contributed by atoms with Gasteiger partial charge in [0.1, 0.15) is 0 Å². The van der Waals surface area contributed by atoms with E-state index in [2.05, 4.69) is 14.9 Å². The summed E-state index contributed by atoms with van der Waals surface area (Å²) in [5, 5.41) is 9.26. The Morgan fingerprint density at radius 2 is 2.33 bits per heavy atom. The van der Waals surface area contributed by atoms with Crippen molar-refractivity contribution in [2.24, 2.45) is 0 Å². The van der Waals surface area contributed by atoms with Gasteiger partial charge in [0, 0.05) is 31.2 Å². The van der Waals surface area contributed by atoms with Crippen LogP contribution >= 0.6 is 0 Å². The standard InChI is InChI=1S/C11H17N3O/c15-9-11-3-1-2-6-14(11)8-10-7-12-4-5-13-10/h4-5,7,11,15H,1-3,6,8-9H2. The van der Waals surface area contributed by atoms with Crippen LogP contribution in [0.1, 0.15) is 25.0 Å². The molecule has 0 saturated carbocycles. The predicted molar refractivity (Wildman–Crippen MR) is 57.2 cm³/mol. The number of aromatic nitrogens is 2. The van der Waals surface area contributed by atoms with Crippen LogP contribution < -0.4 is 0 Å². The first-order valence-corrected chi connectivity index (χ1v) is 5.50. The van der Waals surface area contributed by atoms with E-state index < -0.39 is 0 Å². The van der Waals surface area contributed by atoms with Gasteiger partial charge in [-0.05, 0) is 19.4 Å². The number of hydrogen-bond donors (Lipinski definition) is 1. The molecule has 82 valence electrons. The Labute approximate surface area is 90.0 Å². The minimum absolute atomic E-state index is 0.250. The molecule has 1 atom stereocenters. The first kappa shape index (κ1) is 10.5. The summed E-state index contributed by atoms with van der Waals surface area (Å²) >= 11 is 0. The Kier molecular flexibility index (Phi) is 3.64. The van der Waals surface area contributed by atoms with Gasteiger partial charge in [-0.25, -0.2) is 0 Å². The zero-order valence-electron chi connectivity index (χ0n) is 8.84. The number of aliphatic hydroxyl groups excluding tert-OH is 1. The van der Waals surface area contributed by atoms with Gasteiger partial charge in [-0.3, -0.25) is 14.9 Å². The summed E-state index contributed by atoms with van der Waals surface area (Å²) in [5.41, 5.74) is 0.984. The van der Waals surface area contributed by atoms with Gasteiger partial charge in [0.15, 0.2) is 0 Å². The zero-order valence-corrected chi connectivity index (χ0v) is 8.84. The third-order valence-corrected chi connectivity index (χ3v) is 2.94. The minimum Gasteiger partial charge on any atom is -0.395 e. The highest BCUT2D eigenvalue weighted by atomic mass is 16.3. The molecule has 0 amide bonds. The van der Waals surface area contributed by atoms with Crippen LogP contribution in [0.25, 0.3) is 0 Å². The molecule has 1 aliphatic heterocycles. The van der Waals surface area contributed by atoms with E-state index in [0.717, 1.165) is 25.2 Å². The first-order chi connectivity index (χ1) is 7.40. The monoisotopic (exact) mass is 207 g/mol. The van der Waals surface area contributed by atoms with Crippen LogP contribution in [0.2, 0.25) is 0 Å². The molecule has 15 heavy (non-hydrogen) atoms. The normalized spacial score (nSPS) is 22.9. The van der Waals surface area contributed by atoms with Gasteiger partial charge in [0.25, 0.3) is 0 Å². The average molecular weight is 207 g/mol. The van der Waals surface area contributed by atoms with Crippen molar-refractivity contribution in [2.45, 2.75) is 31.8 Å². The molecule has 0 radical (unpaired) electrons. The Morgan fingerprint density at radius 3 is 3.07 bits per heavy atom. The predicted octanol–water partition coefficient (Wildman–Crippen LogP) is 0.823. The second-order valence-electron chi connectivity index (χ2n) is 4.00. The maximum atomic E-state index is 9.26. The first-order valence-electron chi connectivity index (χ1n) is 5.50. The van der Waals surface area contributed by atoms with Gasteiger partial charge >= 0.3 is 0 Å². The fourth-order valence-corrected chi connectivity index (χ4v) is 2.09. The largest absolute Gasteiger partial charge is 0.395 e. The van der Waals surface area contributed by atoms with E-state index >= 15 is 0 Å². The molecular formula is C11H17N3O. The van der Waals surface area contributed by atoms with Gasteiger partial charge in [0.05, 0.1) is 12.3 Å². The molecule has 1 aliphatic rings. The van der Waals surface area contributed by atoms with E-state index in [1.54, 1.807) is 18.6 Å². The van der Waals surface area contributed by atoms with Crippen molar-refractivity contribution in [2.75, 3.05) is 13.2 Å². The summed E-state index contributed by atoms with van der Waals surface area (Å²) in [6.07, 6.45) is 8.73. The SMILES string of the molecule is OCC1CCCCN1Cc1cnccn1. The highest BCUT2D eigenvalue weighted by Gasteiger charge is 2.21. The van der Waals surface area contributed by atoms with Crippen molar-refractivity contribution in [3.8, 4) is 0 Å². The number of hydrogen-bond acceptors (Lipinski definition) is 4. The van der Waals surface area contributed by atoms with Gasteiger partial charge < -0.3 is 5.11 Å². The lowest BCUT2D eigenvalue weighted by Gasteiger charge is -2.34. The van der Waals surface area contributed by atoms with Crippen LogP contribution in [0.15, 0.2) is 18.6 Å². The lowest BCUT2D eigenvalue weighted by atomic mass is 10.0. The number of nitrogens with zero attached hydrogens (tertiary/aromatic N) is 3. The molecule has 2 heterocycles. The van der Waals surface area contributed by atoms with Crippen molar-refractivity contribution in [3.05, 3.63) is 24.3 Å². The molecule has 1 fully saturated rings. The summed E-state index contributed by atoms with van der Waals surface area (Å²) in [7, 11) is 0. The van der Waals surface area contributed by atoms with Crippen LogP contribution in [0.5, 0.6) is 0 Å². The van der Waals surface area contributed by atoms with E-state index in [0.29, 0.717) is 6.04 Å². The van der Waals surface area contributed by atoms with Crippen LogP contribution in [-0.2, 0) is 6.54 Å². The third kappa shape index (κ3) is 2.73. The van der Waals surface area contributed by atoms with E-state index in [1.807, 2.05) is 0 Å². The van der Waals surface area contributed by atoms with E-state index in [9.17, 15) is 5.11 Å². The molecule has 1 aromatic rings. The fraction of sp³-hybridized carbons (Fsp3) is 0.636. The average Bonchev–Trinajstić information content (AvgIpc) is 2.31. The molecule has 1 N–H and O–H groups in total. The minimum atomic E-state index is 0.250. The molecule has 0 bridgehead atoms. The molecule has 1 unspecified atom stereocenters. The second-order valence-corrected chi connectivity index (χ2v) is 4.00. The number of rotatable bonds is 3. The summed E-state index contributed by atoms with van der Waals surface area (Å²) < 4.78 is 0. The Hall–Kier alpha value is -1.00. The summed E-state index contributed by atoms with van der Waals surface area (Å²) in [5.74, 6) is 0. The number of likely N-dealkylation sites (tertiary alicyclic amines) is 1. The molecular weight excluding hydrogens is 190 g/mol. The van der Waals surface area contributed by atoms with Gasteiger partial charge in [-0.15, -0.1) is 0 Å². The quantitative estimate of drug-likeness (QED) is 0.797. The number of aliphatic hydroxyl groups is 1. The van der Waals surface area contributed by atoms with Gasteiger partial charge in [-0.1, -0.05) is 6.42 Å². The zero-order chi connectivity index (χ0) is 10.5. The smallest absolute Gasteiger partial charge is 0.0726 e. The van der Waals surface area contributed by atoms with E-state index in [1.165, 1.54) is 12.8 Å². The van der Waals surface area contributed by atoms with Crippen LogP contribution in [0.4, 0.5) is 0 Å². The van der Waals surface area contributed by atoms with Gasteiger partial charge in [-0.2, -0.15) is 0 Å². The highest BCUT2D eigenvalue weighted by molar-refractivity contribution is 4.95. The van der Waals surface area contributed by atoms with Crippen molar-refractivity contribution < 1.29 is 5.11 Å². The summed E-state index contributed by atoms with van der Waals surface area (Å²) in [6.45, 7) is 2.11.